The van der Waals surface area contributed by atoms with Crippen molar-refractivity contribution >= 4 is 11.6 Å². The molecule has 0 spiro atoms. The quantitative estimate of drug-likeness (QED) is 0.418. The Morgan fingerprint density at radius 1 is 0.970 bits per heavy atom. The number of aryl methyl sites for hydroxylation is 1. The molecule has 8 heteroatoms. The van der Waals surface area contributed by atoms with Crippen LogP contribution >= 0.6 is 0 Å². The van der Waals surface area contributed by atoms with Gasteiger partial charge in [0.15, 0.2) is 18.1 Å². The number of nitrogens with one attached hydrogen (secondary N) is 1. The molecule has 168 valence electrons. The Balaban J connectivity index is 1.45. The first kappa shape index (κ1) is 21.9. The highest BCUT2D eigenvalue weighted by atomic mass is 16.5. The molecule has 0 aliphatic rings. The van der Waals surface area contributed by atoms with Gasteiger partial charge in [-0.2, -0.15) is 4.98 Å². The van der Waals surface area contributed by atoms with Crippen molar-refractivity contribution in [3.63, 3.8) is 0 Å². The summed E-state index contributed by atoms with van der Waals surface area (Å²) in [5, 5.41) is 6.85. The van der Waals surface area contributed by atoms with E-state index >= 15 is 0 Å². The van der Waals surface area contributed by atoms with E-state index in [0.717, 1.165) is 11.1 Å². The van der Waals surface area contributed by atoms with E-state index in [9.17, 15) is 4.79 Å². The summed E-state index contributed by atoms with van der Waals surface area (Å²) in [4.78, 5) is 16.8. The van der Waals surface area contributed by atoms with Gasteiger partial charge in [0.2, 0.25) is 5.82 Å². The molecule has 3 aromatic carbocycles. The van der Waals surface area contributed by atoms with Crippen LogP contribution in [0.5, 0.6) is 17.2 Å². The maximum Gasteiger partial charge on any atom is 0.262 e. The standard InChI is InChI=1S/C25H23N3O5/c1-16-7-4-5-10-20(16)25-27-24(28-33-25)17-11-12-21(22(13-17)31-3)32-15-23(29)26-18-8-6-9-19(14-18)30-2/h4-14H,15H2,1-3H3,(H,26,29). The highest BCUT2D eigenvalue weighted by Crippen LogP contribution is 2.32. The van der Waals surface area contributed by atoms with Crippen molar-refractivity contribution in [2.45, 2.75) is 6.92 Å². The number of carbonyl (C=O) groups excluding carboxylic acids is 1. The minimum atomic E-state index is -0.310. The van der Waals surface area contributed by atoms with Gasteiger partial charge in [0.1, 0.15) is 5.75 Å². The van der Waals surface area contributed by atoms with Crippen LogP contribution in [0, 0.1) is 6.92 Å². The smallest absolute Gasteiger partial charge is 0.262 e. The third-order valence-corrected chi connectivity index (χ3v) is 4.94. The zero-order valence-electron chi connectivity index (χ0n) is 18.5. The van der Waals surface area contributed by atoms with Gasteiger partial charge in [-0.15, -0.1) is 0 Å². The molecule has 0 bridgehead atoms. The number of hydrogen-bond acceptors (Lipinski definition) is 7. The Morgan fingerprint density at radius 2 is 1.82 bits per heavy atom. The Morgan fingerprint density at radius 3 is 2.61 bits per heavy atom. The fourth-order valence-electron chi connectivity index (χ4n) is 3.23. The van der Waals surface area contributed by atoms with Crippen LogP contribution in [0.15, 0.2) is 71.3 Å². The van der Waals surface area contributed by atoms with Crippen molar-refractivity contribution in [3.8, 4) is 40.1 Å². The average Bonchev–Trinajstić information content (AvgIpc) is 3.33. The first-order chi connectivity index (χ1) is 16.1. The van der Waals surface area contributed by atoms with E-state index in [1.807, 2.05) is 31.2 Å². The van der Waals surface area contributed by atoms with Crippen LogP contribution in [0.25, 0.3) is 22.8 Å². The van der Waals surface area contributed by atoms with Gasteiger partial charge in [-0.3, -0.25) is 4.79 Å². The number of benzene rings is 3. The lowest BCUT2D eigenvalue weighted by molar-refractivity contribution is -0.118. The number of methoxy groups -OCH3 is 2. The molecule has 1 heterocycles. The second kappa shape index (κ2) is 9.86. The molecular formula is C25H23N3O5. The molecule has 0 fully saturated rings. The summed E-state index contributed by atoms with van der Waals surface area (Å²) in [7, 11) is 3.09. The van der Waals surface area contributed by atoms with Crippen molar-refractivity contribution in [2.75, 3.05) is 26.1 Å². The largest absolute Gasteiger partial charge is 0.497 e. The number of carbonyl (C=O) groups is 1. The first-order valence-corrected chi connectivity index (χ1v) is 10.2. The number of aromatic nitrogens is 2. The zero-order valence-corrected chi connectivity index (χ0v) is 18.5. The molecule has 1 N–H and O–H groups in total. The maximum absolute atomic E-state index is 12.3. The average molecular weight is 445 g/mol. The van der Waals surface area contributed by atoms with Gasteiger partial charge in [0.25, 0.3) is 11.8 Å². The number of nitrogens with zero attached hydrogens (tertiary/aromatic N) is 2. The molecular weight excluding hydrogens is 422 g/mol. The van der Waals surface area contributed by atoms with Crippen LogP contribution in [0.2, 0.25) is 0 Å². The summed E-state index contributed by atoms with van der Waals surface area (Å²) in [6, 6.07) is 20.1. The van der Waals surface area contributed by atoms with Crippen molar-refractivity contribution in [1.29, 1.82) is 0 Å². The minimum Gasteiger partial charge on any atom is -0.497 e. The van der Waals surface area contributed by atoms with Gasteiger partial charge in [0.05, 0.1) is 14.2 Å². The fourth-order valence-corrected chi connectivity index (χ4v) is 3.23. The van der Waals surface area contributed by atoms with Gasteiger partial charge in [-0.1, -0.05) is 29.4 Å². The second-order valence-electron chi connectivity index (χ2n) is 7.17. The molecule has 0 aliphatic heterocycles. The predicted octanol–water partition coefficient (Wildman–Crippen LogP) is 4.75. The van der Waals surface area contributed by atoms with Gasteiger partial charge >= 0.3 is 0 Å². The fraction of sp³-hybridized carbons (Fsp3) is 0.160. The third-order valence-electron chi connectivity index (χ3n) is 4.94. The first-order valence-electron chi connectivity index (χ1n) is 10.2. The Kier molecular flexibility index (Phi) is 6.54. The summed E-state index contributed by atoms with van der Waals surface area (Å²) >= 11 is 0. The summed E-state index contributed by atoms with van der Waals surface area (Å²) in [6.07, 6.45) is 0. The zero-order chi connectivity index (χ0) is 23.2. The van der Waals surface area contributed by atoms with Gasteiger partial charge in [-0.05, 0) is 48.9 Å². The summed E-state index contributed by atoms with van der Waals surface area (Å²) in [5.41, 5.74) is 3.24. The van der Waals surface area contributed by atoms with Crippen LogP contribution in [0.3, 0.4) is 0 Å². The summed E-state index contributed by atoms with van der Waals surface area (Å²) < 4.78 is 21.7. The molecule has 4 aromatic rings. The van der Waals surface area contributed by atoms with Crippen LogP contribution < -0.4 is 19.5 Å². The highest BCUT2D eigenvalue weighted by Gasteiger charge is 2.15. The lowest BCUT2D eigenvalue weighted by atomic mass is 10.1. The van der Waals surface area contributed by atoms with Crippen LogP contribution in [0.1, 0.15) is 5.56 Å². The van der Waals surface area contributed by atoms with Crippen LogP contribution in [-0.2, 0) is 4.79 Å². The molecule has 0 atom stereocenters. The molecule has 0 aliphatic carbocycles. The number of hydrogen-bond donors (Lipinski definition) is 1. The summed E-state index contributed by atoms with van der Waals surface area (Å²) in [6.45, 7) is 1.80. The van der Waals surface area contributed by atoms with Crippen molar-refractivity contribution in [1.82, 2.24) is 10.1 Å². The Bertz CT molecular complexity index is 1270. The van der Waals surface area contributed by atoms with Crippen LogP contribution in [0.4, 0.5) is 5.69 Å². The van der Waals surface area contributed by atoms with Gasteiger partial charge in [-0.25, -0.2) is 0 Å². The van der Waals surface area contributed by atoms with Crippen molar-refractivity contribution in [3.05, 3.63) is 72.3 Å². The molecule has 0 saturated carbocycles. The van der Waals surface area contributed by atoms with Gasteiger partial charge < -0.3 is 24.1 Å². The summed E-state index contributed by atoms with van der Waals surface area (Å²) in [5.74, 6) is 2.08. The van der Waals surface area contributed by atoms with Crippen LogP contribution in [-0.4, -0.2) is 36.9 Å². The number of rotatable bonds is 8. The molecule has 1 aromatic heterocycles. The van der Waals surface area contributed by atoms with E-state index < -0.39 is 0 Å². The minimum absolute atomic E-state index is 0.188. The number of anilines is 1. The van der Waals surface area contributed by atoms with E-state index in [4.69, 9.17) is 18.7 Å². The van der Waals surface area contributed by atoms with E-state index in [1.165, 1.54) is 7.11 Å². The SMILES string of the molecule is COc1cccc(NC(=O)COc2ccc(-c3noc(-c4ccccc4C)n3)cc2OC)c1. The topological polar surface area (TPSA) is 95.7 Å². The van der Waals surface area contributed by atoms with E-state index in [0.29, 0.717) is 40.2 Å². The molecule has 0 unspecified atom stereocenters. The third kappa shape index (κ3) is 5.12. The monoisotopic (exact) mass is 445 g/mol. The lowest BCUT2D eigenvalue weighted by Crippen LogP contribution is -2.20. The van der Waals surface area contributed by atoms with E-state index in [-0.39, 0.29) is 12.5 Å². The molecule has 8 nitrogen and oxygen atoms in total. The molecule has 4 rings (SSSR count). The Labute approximate surface area is 191 Å². The molecule has 0 saturated heterocycles. The van der Waals surface area contributed by atoms with E-state index in [2.05, 4.69) is 15.5 Å². The Hall–Kier alpha value is -4.33. The highest BCUT2D eigenvalue weighted by molar-refractivity contribution is 5.92. The predicted molar refractivity (Wildman–Crippen MR) is 124 cm³/mol. The van der Waals surface area contributed by atoms with E-state index in [1.54, 1.807) is 49.6 Å². The van der Waals surface area contributed by atoms with Crippen molar-refractivity contribution < 1.29 is 23.5 Å². The lowest BCUT2D eigenvalue weighted by Gasteiger charge is -2.12. The van der Waals surface area contributed by atoms with Gasteiger partial charge in [0, 0.05) is 22.9 Å². The second-order valence-corrected chi connectivity index (χ2v) is 7.17. The van der Waals surface area contributed by atoms with Crippen molar-refractivity contribution in [2.24, 2.45) is 0 Å². The number of ether oxygens (including phenoxy) is 3. The molecule has 0 radical (unpaired) electrons. The number of amides is 1. The molecule has 1 amide bonds. The molecule has 33 heavy (non-hydrogen) atoms. The maximum atomic E-state index is 12.3. The normalized spacial score (nSPS) is 10.5.